The van der Waals surface area contributed by atoms with Crippen LogP contribution in [-0.2, 0) is 6.42 Å². The molecule has 2 N–H and O–H groups in total. The van der Waals surface area contributed by atoms with E-state index in [-0.39, 0.29) is 0 Å². The molecule has 19 heteroatoms. The van der Waals surface area contributed by atoms with Gasteiger partial charge in [0.15, 0.2) is 69.8 Å². The van der Waals surface area contributed by atoms with Gasteiger partial charge in [0.2, 0.25) is 17.5 Å². The molecule has 4 nitrogen and oxygen atoms in total. The SMILES string of the molecule is CCCCCCCCCCCc1nccn1N.Fc1c(F)c(F)c(N(c2c(F)c(F)c(F)c(F)c2F)c2c(F)c(F)c(F)c(F)c2F)c(F)c1F. The number of aryl methyl sites for hydroxylation is 1. The van der Waals surface area contributed by atoms with Crippen molar-refractivity contribution in [3.8, 4) is 0 Å². The van der Waals surface area contributed by atoms with Gasteiger partial charge < -0.3 is 5.84 Å². The van der Waals surface area contributed by atoms with Crippen LogP contribution < -0.4 is 10.7 Å². The zero-order valence-corrected chi connectivity index (χ0v) is 26.3. The van der Waals surface area contributed by atoms with E-state index in [1.165, 1.54) is 57.8 Å². The van der Waals surface area contributed by atoms with Crippen LogP contribution in [0.15, 0.2) is 12.4 Å². The maximum absolute atomic E-state index is 14.3. The summed E-state index contributed by atoms with van der Waals surface area (Å²) < 4.78 is 210. The van der Waals surface area contributed by atoms with Gasteiger partial charge >= 0.3 is 0 Å². The summed E-state index contributed by atoms with van der Waals surface area (Å²) in [6.07, 6.45) is 16.8. The van der Waals surface area contributed by atoms with Crippen LogP contribution >= 0.6 is 0 Å². The van der Waals surface area contributed by atoms with E-state index in [9.17, 15) is 65.9 Å². The second kappa shape index (κ2) is 17.6. The molecule has 0 atom stereocenters. The van der Waals surface area contributed by atoms with Crippen molar-refractivity contribution in [1.82, 2.24) is 9.66 Å². The Hall–Kier alpha value is -4.58. The number of aromatic nitrogens is 2. The molecule has 1 aromatic heterocycles. The van der Waals surface area contributed by atoms with Gasteiger partial charge in [-0.3, -0.25) is 9.58 Å². The first-order valence-electron chi connectivity index (χ1n) is 15.1. The molecule has 0 amide bonds. The van der Waals surface area contributed by atoms with Crippen LogP contribution in [0, 0.1) is 87.3 Å². The van der Waals surface area contributed by atoms with Crippen LogP contribution in [0.1, 0.15) is 70.5 Å². The summed E-state index contributed by atoms with van der Waals surface area (Å²) >= 11 is 0. The number of hydrogen-bond donors (Lipinski definition) is 1. The molecule has 3 aromatic carbocycles. The Balaban J connectivity index is 0.000000347. The van der Waals surface area contributed by atoms with E-state index in [0.29, 0.717) is 0 Å². The summed E-state index contributed by atoms with van der Waals surface area (Å²) in [5, 5.41) is 0. The molecule has 0 aliphatic rings. The Morgan fingerprint density at radius 2 is 0.725 bits per heavy atom. The van der Waals surface area contributed by atoms with E-state index in [1.807, 2.05) is 6.20 Å². The maximum Gasteiger partial charge on any atom is 0.200 e. The topological polar surface area (TPSA) is 47.1 Å². The quantitative estimate of drug-likeness (QED) is 0.0486. The first-order valence-corrected chi connectivity index (χ1v) is 15.1. The molecule has 1 heterocycles. The minimum Gasteiger partial charge on any atom is -0.338 e. The van der Waals surface area contributed by atoms with Crippen molar-refractivity contribution in [3.05, 3.63) is 105 Å². The fraction of sp³-hybridized carbons (Fsp3) is 0.344. The summed E-state index contributed by atoms with van der Waals surface area (Å²) in [7, 11) is 0. The summed E-state index contributed by atoms with van der Waals surface area (Å²) in [4.78, 5) is 2.67. The third-order valence-electron chi connectivity index (χ3n) is 7.48. The third kappa shape index (κ3) is 8.49. The maximum atomic E-state index is 14.3. The van der Waals surface area contributed by atoms with E-state index in [1.54, 1.807) is 10.9 Å². The highest BCUT2D eigenvalue weighted by Gasteiger charge is 2.41. The van der Waals surface area contributed by atoms with Gasteiger partial charge in [0.25, 0.3) is 0 Å². The van der Waals surface area contributed by atoms with Crippen LogP contribution in [-0.4, -0.2) is 9.66 Å². The molecular weight excluding hydrogens is 725 g/mol. The average Bonchev–Trinajstić information content (AvgIpc) is 3.53. The van der Waals surface area contributed by atoms with Gasteiger partial charge in [-0.05, 0) is 6.42 Å². The number of rotatable bonds is 13. The predicted octanol–water partition coefficient (Wildman–Crippen LogP) is 10.9. The van der Waals surface area contributed by atoms with E-state index < -0.39 is 109 Å². The highest BCUT2D eigenvalue weighted by Crippen LogP contribution is 2.46. The van der Waals surface area contributed by atoms with Gasteiger partial charge in [-0.1, -0.05) is 58.3 Å². The van der Waals surface area contributed by atoms with Crippen LogP contribution in [0.4, 0.5) is 82.9 Å². The summed E-state index contributed by atoms with van der Waals surface area (Å²) in [5.41, 5.74) is -8.53. The third-order valence-corrected chi connectivity index (χ3v) is 7.48. The molecule has 4 rings (SSSR count). The van der Waals surface area contributed by atoms with Gasteiger partial charge in [-0.25, -0.2) is 70.8 Å². The van der Waals surface area contributed by atoms with Gasteiger partial charge in [0.1, 0.15) is 22.9 Å². The zero-order valence-electron chi connectivity index (χ0n) is 26.3. The number of imidazole rings is 1. The monoisotopic (exact) mass is 752 g/mol. The highest BCUT2D eigenvalue weighted by molar-refractivity contribution is 5.79. The van der Waals surface area contributed by atoms with Crippen molar-refractivity contribution in [2.45, 2.75) is 71.1 Å². The lowest BCUT2D eigenvalue weighted by Gasteiger charge is -2.28. The molecule has 0 saturated heterocycles. The molecule has 0 radical (unpaired) electrons. The minimum atomic E-state index is -3.12. The van der Waals surface area contributed by atoms with Gasteiger partial charge in [0.05, 0.1) is 0 Å². The highest BCUT2D eigenvalue weighted by atomic mass is 19.2. The first-order chi connectivity index (χ1) is 24.0. The van der Waals surface area contributed by atoms with Gasteiger partial charge in [-0.2, -0.15) is 0 Å². The molecule has 0 saturated carbocycles. The standard InChI is InChI=1S/C18F15N.C14H27N3/c19-1-4(22)10(28)16(11(29)5(1)23)34(17-12(30)6(24)2(20)7(25)13(17)31)18-14(32)8(26)3(21)9(27)15(18)33;1-2-3-4-5-6-7-8-9-10-11-14-16-12-13-17(14)15/h;12-13H,2-11,15H2,1H3. The van der Waals surface area contributed by atoms with Crippen LogP contribution in [0.3, 0.4) is 0 Å². The molecule has 280 valence electrons. The van der Waals surface area contributed by atoms with Crippen LogP contribution in [0.25, 0.3) is 0 Å². The number of nitrogen functional groups attached to an aromatic ring is 1. The van der Waals surface area contributed by atoms with Crippen molar-refractivity contribution in [1.29, 1.82) is 0 Å². The Morgan fingerprint density at radius 3 is 1.00 bits per heavy atom. The lowest BCUT2D eigenvalue weighted by Crippen LogP contribution is -2.24. The van der Waals surface area contributed by atoms with Crippen molar-refractivity contribution in [3.63, 3.8) is 0 Å². The zero-order chi connectivity index (χ0) is 38.3. The van der Waals surface area contributed by atoms with E-state index in [4.69, 9.17) is 5.84 Å². The first kappa shape index (κ1) is 40.8. The molecule has 0 aliphatic heterocycles. The molecule has 0 bridgehead atoms. The summed E-state index contributed by atoms with van der Waals surface area (Å²) in [6, 6.07) is 0. The number of nitrogens with zero attached hydrogens (tertiary/aromatic N) is 3. The number of unbranched alkanes of at least 4 members (excludes halogenated alkanes) is 8. The second-order valence-electron chi connectivity index (χ2n) is 10.9. The minimum absolute atomic E-state index is 1.01. The number of benzene rings is 3. The second-order valence-corrected chi connectivity index (χ2v) is 10.9. The van der Waals surface area contributed by atoms with E-state index in [2.05, 4.69) is 11.9 Å². The van der Waals surface area contributed by atoms with E-state index >= 15 is 0 Å². The lowest BCUT2D eigenvalue weighted by atomic mass is 10.1. The molecule has 0 aliphatic carbocycles. The lowest BCUT2D eigenvalue weighted by molar-refractivity contribution is 0.369. The summed E-state index contributed by atoms with van der Waals surface area (Å²) in [6.45, 7) is 2.27. The molecular formula is C32H27F15N4. The Kier molecular flexibility index (Phi) is 14.1. The summed E-state index contributed by atoms with van der Waals surface area (Å²) in [5.74, 6) is -39.3. The number of hydrogen-bond acceptors (Lipinski definition) is 3. The van der Waals surface area contributed by atoms with Crippen molar-refractivity contribution < 1.29 is 65.9 Å². The smallest absolute Gasteiger partial charge is 0.200 e. The van der Waals surface area contributed by atoms with Crippen LogP contribution in [0.2, 0.25) is 0 Å². The Bertz CT molecular complexity index is 1610. The number of anilines is 3. The van der Waals surface area contributed by atoms with Crippen molar-refractivity contribution in [2.24, 2.45) is 0 Å². The predicted molar refractivity (Wildman–Crippen MR) is 154 cm³/mol. The molecule has 0 unspecified atom stereocenters. The largest absolute Gasteiger partial charge is 0.338 e. The van der Waals surface area contributed by atoms with Crippen LogP contribution in [0.5, 0.6) is 0 Å². The van der Waals surface area contributed by atoms with E-state index in [0.717, 1.165) is 12.2 Å². The molecule has 0 fully saturated rings. The fourth-order valence-electron chi connectivity index (χ4n) is 4.84. The molecule has 4 aromatic rings. The van der Waals surface area contributed by atoms with Gasteiger partial charge in [0, 0.05) is 18.8 Å². The number of nitrogens with two attached hydrogens (primary N) is 1. The normalized spacial score (nSPS) is 11.2. The molecule has 51 heavy (non-hydrogen) atoms. The Morgan fingerprint density at radius 1 is 0.451 bits per heavy atom. The van der Waals surface area contributed by atoms with Crippen molar-refractivity contribution >= 4 is 17.1 Å². The van der Waals surface area contributed by atoms with Crippen molar-refractivity contribution in [2.75, 3.05) is 10.7 Å². The average molecular weight is 753 g/mol. The fourth-order valence-corrected chi connectivity index (χ4v) is 4.84. The van der Waals surface area contributed by atoms with Gasteiger partial charge in [-0.15, -0.1) is 0 Å². The Labute approximate surface area is 280 Å². The number of halogens is 15. The molecule has 0 spiro atoms.